The molecule has 7 nitrogen and oxygen atoms in total. The van der Waals surface area contributed by atoms with Crippen LogP contribution in [0.2, 0.25) is 5.02 Å². The molecule has 0 spiro atoms. The number of benzene rings is 1. The van der Waals surface area contributed by atoms with Crippen molar-refractivity contribution in [3.8, 4) is 5.75 Å². The van der Waals surface area contributed by atoms with E-state index in [9.17, 15) is 30.8 Å². The summed E-state index contributed by atoms with van der Waals surface area (Å²) in [6, 6.07) is 3.81. The number of alkyl halides is 3. The summed E-state index contributed by atoms with van der Waals surface area (Å²) in [5.74, 6) is -1.91. The third-order valence-electron chi connectivity index (χ3n) is 4.72. The van der Waals surface area contributed by atoms with Gasteiger partial charge in [-0.25, -0.2) is 22.5 Å². The Labute approximate surface area is 186 Å². The van der Waals surface area contributed by atoms with Crippen molar-refractivity contribution in [3.05, 3.63) is 52.4 Å². The Bertz CT molecular complexity index is 1110. The Morgan fingerprint density at radius 3 is 2.66 bits per heavy atom. The number of ether oxygens (including phenoxy) is 1. The van der Waals surface area contributed by atoms with Crippen LogP contribution in [0, 0.1) is 5.82 Å². The van der Waals surface area contributed by atoms with Gasteiger partial charge >= 0.3 is 6.18 Å². The summed E-state index contributed by atoms with van der Waals surface area (Å²) in [4.78, 5) is 17.6. The van der Waals surface area contributed by atoms with Crippen molar-refractivity contribution in [1.82, 2.24) is 9.71 Å². The highest BCUT2D eigenvalue weighted by molar-refractivity contribution is 7.89. The number of nitrogens with zero attached hydrogens (tertiary/aromatic N) is 2. The van der Waals surface area contributed by atoms with Crippen LogP contribution in [0.25, 0.3) is 0 Å². The molecule has 1 N–H and O–H groups in total. The Morgan fingerprint density at radius 1 is 1.34 bits per heavy atom. The second kappa shape index (κ2) is 9.10. The summed E-state index contributed by atoms with van der Waals surface area (Å²) in [7, 11) is -3.89. The van der Waals surface area contributed by atoms with E-state index in [1.807, 2.05) is 0 Å². The zero-order valence-corrected chi connectivity index (χ0v) is 18.2. The molecule has 1 aromatic heterocycles. The number of aromatic nitrogens is 1. The van der Waals surface area contributed by atoms with E-state index in [1.54, 1.807) is 9.62 Å². The van der Waals surface area contributed by atoms with Crippen molar-refractivity contribution in [2.24, 2.45) is 0 Å². The van der Waals surface area contributed by atoms with Gasteiger partial charge < -0.3 is 9.64 Å². The first-order chi connectivity index (χ1) is 14.8. The van der Waals surface area contributed by atoms with E-state index in [2.05, 4.69) is 4.98 Å². The van der Waals surface area contributed by atoms with Gasteiger partial charge in [-0.3, -0.25) is 4.79 Å². The maximum Gasteiger partial charge on any atom is 0.417 e. The topological polar surface area (TPSA) is 88.6 Å². The number of hydrogen-bond acceptors (Lipinski definition) is 6. The molecule has 0 aliphatic carbocycles. The molecule has 1 aliphatic heterocycles. The van der Waals surface area contributed by atoms with Crippen LogP contribution in [-0.4, -0.2) is 44.8 Å². The van der Waals surface area contributed by atoms with Crippen LogP contribution in [0.3, 0.4) is 0 Å². The Hall–Kier alpha value is -2.60. The van der Waals surface area contributed by atoms with Crippen LogP contribution >= 0.6 is 11.6 Å². The molecular weight excluding hydrogens is 478 g/mol. The molecule has 1 atom stereocenters. The summed E-state index contributed by atoms with van der Waals surface area (Å²) in [6.07, 6.45) is -1.55. The monoisotopic (exact) mass is 495 g/mol. The van der Waals surface area contributed by atoms with Crippen LogP contribution in [0.1, 0.15) is 28.8 Å². The largest absolute Gasteiger partial charge is 0.490 e. The first-order valence-electron chi connectivity index (χ1n) is 9.29. The molecule has 174 valence electrons. The van der Waals surface area contributed by atoms with Crippen molar-refractivity contribution in [2.75, 3.05) is 24.3 Å². The third-order valence-corrected chi connectivity index (χ3v) is 5.57. The summed E-state index contributed by atoms with van der Waals surface area (Å²) in [5, 5.41) is -0.109. The normalized spacial score (nSPS) is 16.8. The smallest absolute Gasteiger partial charge is 0.417 e. The van der Waals surface area contributed by atoms with Gasteiger partial charge in [0.05, 0.1) is 28.4 Å². The first kappa shape index (κ1) is 24.1. The fourth-order valence-corrected chi connectivity index (χ4v) is 3.92. The van der Waals surface area contributed by atoms with E-state index in [0.717, 1.165) is 37.1 Å². The number of anilines is 1. The molecule has 1 amide bonds. The summed E-state index contributed by atoms with van der Waals surface area (Å²) >= 11 is 6.06. The summed E-state index contributed by atoms with van der Waals surface area (Å²) < 4.78 is 82.1. The van der Waals surface area contributed by atoms with Gasteiger partial charge in [0.25, 0.3) is 5.91 Å². The zero-order chi connectivity index (χ0) is 23.7. The van der Waals surface area contributed by atoms with Crippen LogP contribution in [0.5, 0.6) is 5.75 Å². The van der Waals surface area contributed by atoms with E-state index in [-0.39, 0.29) is 23.4 Å². The lowest BCUT2D eigenvalue weighted by atomic mass is 10.2. The molecule has 0 bridgehead atoms. The number of sulfonamides is 1. The van der Waals surface area contributed by atoms with Crippen LogP contribution in [-0.2, 0) is 16.2 Å². The number of rotatable bonds is 6. The molecule has 0 unspecified atom stereocenters. The Kier molecular flexibility index (Phi) is 6.84. The maximum absolute atomic E-state index is 14.3. The molecule has 1 fully saturated rings. The van der Waals surface area contributed by atoms with Crippen molar-refractivity contribution >= 4 is 33.3 Å². The molecule has 32 heavy (non-hydrogen) atoms. The number of amides is 1. The highest BCUT2D eigenvalue weighted by Gasteiger charge is 2.32. The molecule has 1 saturated heterocycles. The third kappa shape index (κ3) is 5.80. The molecule has 0 radical (unpaired) electrons. The number of hydrogen-bond donors (Lipinski definition) is 1. The van der Waals surface area contributed by atoms with Gasteiger partial charge in [-0.2, -0.15) is 13.2 Å². The molecular formula is C19H18ClF4N3O4S. The summed E-state index contributed by atoms with van der Waals surface area (Å²) in [5.41, 5.74) is -1.42. The van der Waals surface area contributed by atoms with Gasteiger partial charge in [0.2, 0.25) is 10.0 Å². The van der Waals surface area contributed by atoms with Gasteiger partial charge in [-0.1, -0.05) is 11.6 Å². The number of nitrogens with one attached hydrogen (secondary N) is 1. The Balaban J connectivity index is 1.70. The fraction of sp³-hybridized carbons (Fsp3) is 0.368. The number of carbonyl (C=O) groups excluding carboxylic acids is 1. The lowest BCUT2D eigenvalue weighted by Gasteiger charge is -2.26. The standard InChI is InChI=1S/C19H18ClF4N3O4S/c1-32(29,30)26-18(28)13-7-14(20)16(8-15(13)21)31-10-12-3-2-6-27(12)17-5-4-11(9-25-17)19(22,23)24/h4-5,7-9,12H,2-3,6,10H2,1H3,(H,26,28)/t12-/m1/s1. The minimum atomic E-state index is -4.48. The lowest BCUT2D eigenvalue weighted by molar-refractivity contribution is -0.137. The van der Waals surface area contributed by atoms with Crippen molar-refractivity contribution in [2.45, 2.75) is 25.1 Å². The van der Waals surface area contributed by atoms with Crippen molar-refractivity contribution in [3.63, 3.8) is 0 Å². The van der Waals surface area contributed by atoms with Gasteiger partial charge in [0.15, 0.2) is 0 Å². The van der Waals surface area contributed by atoms with Gasteiger partial charge in [-0.05, 0) is 31.0 Å². The second-order valence-corrected chi connectivity index (χ2v) is 9.32. The van der Waals surface area contributed by atoms with Crippen LogP contribution < -0.4 is 14.4 Å². The zero-order valence-electron chi connectivity index (χ0n) is 16.6. The van der Waals surface area contributed by atoms with Gasteiger partial charge in [0, 0.05) is 18.8 Å². The minimum absolute atomic E-state index is 0.0384. The predicted octanol–water partition coefficient (Wildman–Crippen LogP) is 3.63. The molecule has 13 heteroatoms. The maximum atomic E-state index is 14.3. The van der Waals surface area contributed by atoms with E-state index >= 15 is 0 Å². The van der Waals surface area contributed by atoms with E-state index in [4.69, 9.17) is 16.3 Å². The Morgan fingerprint density at radius 2 is 2.06 bits per heavy atom. The van der Waals surface area contributed by atoms with Crippen molar-refractivity contribution < 1.29 is 35.5 Å². The quantitative estimate of drug-likeness (QED) is 0.616. The van der Waals surface area contributed by atoms with Gasteiger partial charge in [0.1, 0.15) is 24.0 Å². The molecule has 1 aromatic carbocycles. The number of pyridine rings is 1. The average Bonchev–Trinajstić information content (AvgIpc) is 3.15. The van der Waals surface area contributed by atoms with Crippen LogP contribution in [0.15, 0.2) is 30.5 Å². The number of carbonyl (C=O) groups is 1. The molecule has 2 heterocycles. The number of halogens is 5. The van der Waals surface area contributed by atoms with E-state index in [0.29, 0.717) is 18.8 Å². The molecule has 3 rings (SSSR count). The highest BCUT2D eigenvalue weighted by atomic mass is 35.5. The average molecular weight is 496 g/mol. The van der Waals surface area contributed by atoms with Crippen LogP contribution in [0.4, 0.5) is 23.4 Å². The van der Waals surface area contributed by atoms with E-state index < -0.39 is 39.1 Å². The van der Waals surface area contributed by atoms with Gasteiger partial charge in [-0.15, -0.1) is 0 Å². The first-order valence-corrected chi connectivity index (χ1v) is 11.6. The summed E-state index contributed by atoms with van der Waals surface area (Å²) in [6.45, 7) is 0.593. The van der Waals surface area contributed by atoms with Crippen molar-refractivity contribution in [1.29, 1.82) is 0 Å². The SMILES string of the molecule is CS(=O)(=O)NC(=O)c1cc(Cl)c(OC[C@H]2CCCN2c2ccc(C(F)(F)F)cn2)cc1F. The second-order valence-electron chi connectivity index (χ2n) is 7.17. The molecule has 2 aromatic rings. The molecule has 0 saturated carbocycles. The molecule has 1 aliphatic rings. The van der Waals surface area contributed by atoms with E-state index in [1.165, 1.54) is 6.07 Å². The minimum Gasteiger partial charge on any atom is -0.490 e. The highest BCUT2D eigenvalue weighted by Crippen LogP contribution is 2.32. The fourth-order valence-electron chi connectivity index (χ4n) is 3.26. The predicted molar refractivity (Wildman–Crippen MR) is 109 cm³/mol. The lowest BCUT2D eigenvalue weighted by Crippen LogP contribution is -2.35.